The second-order valence-electron chi connectivity index (χ2n) is 12.8. The number of hydrogen-bond acceptors (Lipinski definition) is 5. The molecule has 5 nitrogen and oxygen atoms in total. The minimum atomic E-state index is -1.05. The topological polar surface area (TPSA) is 69.7 Å². The summed E-state index contributed by atoms with van der Waals surface area (Å²) in [7, 11) is 0. The number of unbranched alkanes of at least 4 members (excludes halogenated alkanes) is 26. The third-order valence-corrected chi connectivity index (χ3v) is 8.58. The van der Waals surface area contributed by atoms with E-state index in [1.807, 2.05) is 0 Å². The Bertz CT molecular complexity index is 617. The lowest BCUT2D eigenvalue weighted by Gasteiger charge is -2.09. The van der Waals surface area contributed by atoms with E-state index in [2.05, 4.69) is 23.6 Å². The Balaban J connectivity index is 3.53. The third kappa shape index (κ3) is 28.7. The summed E-state index contributed by atoms with van der Waals surface area (Å²) in [5, 5.41) is 0. The molecule has 0 heterocycles. The van der Waals surface area contributed by atoms with Crippen LogP contribution in [0, 0.1) is 5.92 Å². The quantitative estimate of drug-likeness (QED) is 0.0335. The SMILES string of the molecule is CCCCCCCCCCCCCCCCC(=O)C(=O)OOC(=O)C(C)CCCCCCCCCCCCCCCC. The molecule has 1 atom stereocenters. The van der Waals surface area contributed by atoms with E-state index >= 15 is 0 Å². The predicted octanol–water partition coefficient (Wildman–Crippen LogP) is 11.9. The van der Waals surface area contributed by atoms with Gasteiger partial charge in [0, 0.05) is 6.42 Å². The highest BCUT2D eigenvalue weighted by Gasteiger charge is 2.21. The van der Waals surface area contributed by atoms with Gasteiger partial charge in [0.15, 0.2) is 0 Å². The molecule has 0 bridgehead atoms. The number of carbonyl (C=O) groups excluding carboxylic acids is 3. The molecule has 0 amide bonds. The molecule has 0 rings (SSSR count). The fraction of sp³-hybridized carbons (Fsp3) is 0.919. The molecule has 42 heavy (non-hydrogen) atoms. The largest absolute Gasteiger partial charge is 0.421 e. The van der Waals surface area contributed by atoms with Crippen molar-refractivity contribution in [2.75, 3.05) is 0 Å². The standard InChI is InChI=1S/C37H70O5/c1-4-6-8-10-12-14-16-18-20-22-24-26-28-30-32-34(3)36(39)41-42-37(40)35(38)33-31-29-27-25-23-21-19-17-15-13-11-9-7-5-2/h34H,4-33H2,1-3H3. The van der Waals surface area contributed by atoms with E-state index in [9.17, 15) is 14.4 Å². The minimum absolute atomic E-state index is 0.156. The zero-order chi connectivity index (χ0) is 30.9. The molecule has 5 heteroatoms. The summed E-state index contributed by atoms with van der Waals surface area (Å²) in [5.41, 5.74) is 0. The van der Waals surface area contributed by atoms with Gasteiger partial charge < -0.3 is 0 Å². The van der Waals surface area contributed by atoms with E-state index in [-0.39, 0.29) is 12.3 Å². The Morgan fingerprint density at radius 2 is 0.738 bits per heavy atom. The van der Waals surface area contributed by atoms with Crippen molar-refractivity contribution in [3.05, 3.63) is 0 Å². The molecule has 248 valence electrons. The van der Waals surface area contributed by atoms with Crippen LogP contribution in [0.3, 0.4) is 0 Å². The molecule has 0 N–H and O–H groups in total. The van der Waals surface area contributed by atoms with Crippen LogP contribution in [0.5, 0.6) is 0 Å². The molecule has 0 spiro atoms. The van der Waals surface area contributed by atoms with Gasteiger partial charge in [0.25, 0.3) is 0 Å². The average Bonchev–Trinajstić information content (AvgIpc) is 2.99. The van der Waals surface area contributed by atoms with E-state index in [1.54, 1.807) is 6.92 Å². The van der Waals surface area contributed by atoms with Gasteiger partial charge >= 0.3 is 11.9 Å². The fourth-order valence-electron chi connectivity index (χ4n) is 5.55. The van der Waals surface area contributed by atoms with Crippen LogP contribution >= 0.6 is 0 Å². The summed E-state index contributed by atoms with van der Waals surface area (Å²) in [5.74, 6) is -2.57. The van der Waals surface area contributed by atoms with Gasteiger partial charge in [0.2, 0.25) is 5.78 Å². The van der Waals surface area contributed by atoms with E-state index in [1.165, 1.54) is 148 Å². The van der Waals surface area contributed by atoms with Gasteiger partial charge in [-0.1, -0.05) is 194 Å². The van der Waals surface area contributed by atoms with Crippen molar-refractivity contribution < 1.29 is 24.2 Å². The number of rotatable bonds is 32. The third-order valence-electron chi connectivity index (χ3n) is 8.58. The number of hydrogen-bond donors (Lipinski definition) is 0. The second kappa shape index (κ2) is 32.5. The Hall–Kier alpha value is -1.39. The Labute approximate surface area is 261 Å². The Morgan fingerprint density at radius 1 is 0.429 bits per heavy atom. The van der Waals surface area contributed by atoms with Crippen molar-refractivity contribution in [2.45, 2.75) is 213 Å². The van der Waals surface area contributed by atoms with Gasteiger partial charge in [-0.15, -0.1) is 0 Å². The maximum atomic E-state index is 12.1. The van der Waals surface area contributed by atoms with E-state index in [0.717, 1.165) is 25.7 Å². The maximum Gasteiger partial charge on any atom is 0.421 e. The Morgan fingerprint density at radius 3 is 1.10 bits per heavy atom. The molecule has 0 saturated heterocycles. The molecular weight excluding hydrogens is 524 g/mol. The first-order chi connectivity index (χ1) is 20.5. The van der Waals surface area contributed by atoms with Gasteiger partial charge in [-0.2, -0.15) is 0 Å². The van der Waals surface area contributed by atoms with Gasteiger partial charge in [-0.05, 0) is 12.8 Å². The van der Waals surface area contributed by atoms with Crippen LogP contribution in [0.2, 0.25) is 0 Å². The highest BCUT2D eigenvalue weighted by Crippen LogP contribution is 2.16. The molecule has 0 aromatic heterocycles. The van der Waals surface area contributed by atoms with Gasteiger partial charge in [-0.25, -0.2) is 19.4 Å². The molecule has 0 aliphatic rings. The summed E-state index contributed by atoms with van der Waals surface area (Å²) in [6.45, 7) is 6.31. The van der Waals surface area contributed by atoms with Crippen LogP contribution in [0.25, 0.3) is 0 Å². The maximum absolute atomic E-state index is 12.1. The average molecular weight is 595 g/mol. The minimum Gasteiger partial charge on any atom is -0.287 e. The summed E-state index contributed by atoms with van der Waals surface area (Å²) in [4.78, 5) is 45.2. The first-order valence-electron chi connectivity index (χ1n) is 18.5. The first-order valence-corrected chi connectivity index (χ1v) is 18.5. The normalized spacial score (nSPS) is 11.9. The highest BCUT2D eigenvalue weighted by atomic mass is 17.2. The monoisotopic (exact) mass is 595 g/mol. The van der Waals surface area contributed by atoms with E-state index in [4.69, 9.17) is 0 Å². The predicted molar refractivity (Wildman–Crippen MR) is 176 cm³/mol. The highest BCUT2D eigenvalue weighted by molar-refractivity contribution is 6.33. The van der Waals surface area contributed by atoms with Crippen molar-refractivity contribution in [3.8, 4) is 0 Å². The molecule has 0 saturated carbocycles. The van der Waals surface area contributed by atoms with Crippen LogP contribution in [0.4, 0.5) is 0 Å². The lowest BCUT2D eigenvalue weighted by Crippen LogP contribution is -2.22. The van der Waals surface area contributed by atoms with E-state index < -0.39 is 17.7 Å². The van der Waals surface area contributed by atoms with Gasteiger partial charge in [-0.3, -0.25) is 4.79 Å². The number of Topliss-reactive ketones (excluding diaryl/α,β-unsaturated/α-hetero) is 1. The van der Waals surface area contributed by atoms with Crippen molar-refractivity contribution in [1.82, 2.24) is 0 Å². The van der Waals surface area contributed by atoms with Crippen molar-refractivity contribution >= 4 is 17.7 Å². The molecular formula is C37H70O5. The summed E-state index contributed by atoms with van der Waals surface area (Å²) in [6.07, 6.45) is 36.4. The molecule has 0 aliphatic carbocycles. The fourth-order valence-corrected chi connectivity index (χ4v) is 5.55. The van der Waals surface area contributed by atoms with Crippen LogP contribution in [0.15, 0.2) is 0 Å². The smallest absolute Gasteiger partial charge is 0.287 e. The van der Waals surface area contributed by atoms with Gasteiger partial charge in [0.05, 0.1) is 5.92 Å². The number of ketones is 1. The van der Waals surface area contributed by atoms with Crippen LogP contribution in [-0.4, -0.2) is 17.7 Å². The molecule has 0 aromatic carbocycles. The lowest BCUT2D eigenvalue weighted by atomic mass is 10.0. The van der Waals surface area contributed by atoms with Gasteiger partial charge in [0.1, 0.15) is 0 Å². The molecule has 0 aliphatic heterocycles. The van der Waals surface area contributed by atoms with Crippen molar-refractivity contribution in [2.24, 2.45) is 5.92 Å². The molecule has 0 fully saturated rings. The Kier molecular flexibility index (Phi) is 31.4. The summed E-state index contributed by atoms with van der Waals surface area (Å²) < 4.78 is 0. The van der Waals surface area contributed by atoms with Crippen molar-refractivity contribution in [1.29, 1.82) is 0 Å². The number of carbonyl (C=O) groups is 3. The van der Waals surface area contributed by atoms with Crippen LogP contribution in [0.1, 0.15) is 213 Å². The zero-order valence-corrected chi connectivity index (χ0v) is 28.3. The summed E-state index contributed by atoms with van der Waals surface area (Å²) >= 11 is 0. The van der Waals surface area contributed by atoms with Crippen LogP contribution in [-0.2, 0) is 24.2 Å². The van der Waals surface area contributed by atoms with E-state index in [0.29, 0.717) is 12.8 Å². The van der Waals surface area contributed by atoms with Crippen molar-refractivity contribution in [3.63, 3.8) is 0 Å². The summed E-state index contributed by atoms with van der Waals surface area (Å²) in [6, 6.07) is 0. The van der Waals surface area contributed by atoms with Crippen LogP contribution < -0.4 is 0 Å². The lowest BCUT2D eigenvalue weighted by molar-refractivity contribution is -0.259. The first kappa shape index (κ1) is 40.6. The molecule has 0 aromatic rings. The second-order valence-corrected chi connectivity index (χ2v) is 12.8. The molecule has 1 unspecified atom stereocenters. The zero-order valence-electron chi connectivity index (χ0n) is 28.3. The molecule has 0 radical (unpaired) electrons.